The quantitative estimate of drug-likeness (QED) is 0.276. The Morgan fingerprint density at radius 2 is 1.90 bits per heavy atom. The summed E-state index contributed by atoms with van der Waals surface area (Å²) in [6, 6.07) is -0.635. The van der Waals surface area contributed by atoms with E-state index in [1.165, 1.54) is 4.90 Å². The van der Waals surface area contributed by atoms with Gasteiger partial charge in [-0.25, -0.2) is 0 Å². The second-order valence-electron chi connectivity index (χ2n) is 8.05. The highest BCUT2D eigenvalue weighted by atomic mass is 32.2. The minimum absolute atomic E-state index is 0.0684. The molecule has 0 radical (unpaired) electrons. The first kappa shape index (κ1) is 26.4. The number of amides is 4. The SMILES string of the molecule is CCC(C)SC1CC(=O)N(CCCCCC(=O)NC(C(=O)NCCO)C(C)C)C1=O. The molecule has 1 aliphatic rings. The van der Waals surface area contributed by atoms with E-state index in [1.54, 1.807) is 11.8 Å². The van der Waals surface area contributed by atoms with Crippen LogP contribution in [0.1, 0.15) is 66.2 Å². The molecule has 1 saturated heterocycles. The molecule has 4 amide bonds. The van der Waals surface area contributed by atoms with E-state index in [9.17, 15) is 19.2 Å². The van der Waals surface area contributed by atoms with Crippen LogP contribution in [0.25, 0.3) is 0 Å². The van der Waals surface area contributed by atoms with Crippen LogP contribution in [0, 0.1) is 5.92 Å². The first-order chi connectivity index (χ1) is 14.2. The lowest BCUT2D eigenvalue weighted by molar-refractivity contribution is -0.138. The van der Waals surface area contributed by atoms with Gasteiger partial charge >= 0.3 is 0 Å². The van der Waals surface area contributed by atoms with Crippen molar-refractivity contribution in [2.45, 2.75) is 82.8 Å². The molecule has 30 heavy (non-hydrogen) atoms. The second kappa shape index (κ2) is 13.6. The van der Waals surface area contributed by atoms with Gasteiger partial charge in [-0.2, -0.15) is 0 Å². The number of thioether (sulfide) groups is 1. The summed E-state index contributed by atoms with van der Waals surface area (Å²) in [6.45, 7) is 8.23. The highest BCUT2D eigenvalue weighted by molar-refractivity contribution is 8.01. The van der Waals surface area contributed by atoms with Crippen LogP contribution in [0.4, 0.5) is 0 Å². The van der Waals surface area contributed by atoms with Crippen molar-refractivity contribution >= 4 is 35.4 Å². The number of rotatable bonds is 14. The van der Waals surface area contributed by atoms with Crippen LogP contribution < -0.4 is 10.6 Å². The van der Waals surface area contributed by atoms with Gasteiger partial charge in [-0.05, 0) is 25.2 Å². The normalized spacial score (nSPS) is 18.6. The number of aliphatic hydroxyl groups excluding tert-OH is 1. The van der Waals surface area contributed by atoms with E-state index in [-0.39, 0.29) is 60.8 Å². The molecule has 172 valence electrons. The summed E-state index contributed by atoms with van der Waals surface area (Å²) < 4.78 is 0. The average molecular weight is 444 g/mol. The van der Waals surface area contributed by atoms with Crippen molar-refractivity contribution in [3.05, 3.63) is 0 Å². The smallest absolute Gasteiger partial charge is 0.242 e. The van der Waals surface area contributed by atoms with Crippen molar-refractivity contribution in [3.63, 3.8) is 0 Å². The molecule has 1 fully saturated rings. The Hall–Kier alpha value is -1.61. The van der Waals surface area contributed by atoms with E-state index in [1.807, 2.05) is 13.8 Å². The Morgan fingerprint density at radius 3 is 2.50 bits per heavy atom. The van der Waals surface area contributed by atoms with E-state index >= 15 is 0 Å². The van der Waals surface area contributed by atoms with Gasteiger partial charge in [0.05, 0.1) is 11.9 Å². The Balaban J connectivity index is 2.32. The molecule has 0 aromatic carbocycles. The fourth-order valence-corrected chi connectivity index (χ4v) is 4.41. The van der Waals surface area contributed by atoms with Crippen LogP contribution in [-0.4, -0.2) is 69.9 Å². The van der Waals surface area contributed by atoms with Gasteiger partial charge in [0, 0.05) is 31.2 Å². The number of hydrogen-bond acceptors (Lipinski definition) is 6. The second-order valence-corrected chi connectivity index (χ2v) is 9.69. The first-order valence-corrected chi connectivity index (χ1v) is 11.8. The molecule has 1 heterocycles. The van der Waals surface area contributed by atoms with Gasteiger partial charge in [0.15, 0.2) is 0 Å². The lowest BCUT2D eigenvalue weighted by atomic mass is 10.0. The lowest BCUT2D eigenvalue weighted by Crippen LogP contribution is -2.50. The van der Waals surface area contributed by atoms with E-state index < -0.39 is 6.04 Å². The summed E-state index contributed by atoms with van der Waals surface area (Å²) >= 11 is 1.57. The number of aliphatic hydroxyl groups is 1. The first-order valence-electron chi connectivity index (χ1n) is 10.9. The molecule has 8 nitrogen and oxygen atoms in total. The Morgan fingerprint density at radius 1 is 1.20 bits per heavy atom. The number of carbonyl (C=O) groups is 4. The van der Waals surface area contributed by atoms with E-state index in [0.717, 1.165) is 12.8 Å². The third-order valence-corrected chi connectivity index (χ3v) is 6.63. The molecule has 1 rings (SSSR count). The minimum Gasteiger partial charge on any atom is -0.395 e. The zero-order valence-corrected chi connectivity index (χ0v) is 19.4. The van der Waals surface area contributed by atoms with Gasteiger partial charge in [0.25, 0.3) is 0 Å². The summed E-state index contributed by atoms with van der Waals surface area (Å²) in [5.41, 5.74) is 0. The van der Waals surface area contributed by atoms with Gasteiger partial charge in [-0.15, -0.1) is 11.8 Å². The van der Waals surface area contributed by atoms with E-state index in [4.69, 9.17) is 5.11 Å². The van der Waals surface area contributed by atoms with Gasteiger partial charge in [0.1, 0.15) is 6.04 Å². The fraction of sp³-hybridized carbons (Fsp3) is 0.810. The molecule has 3 unspecified atom stereocenters. The molecule has 9 heteroatoms. The molecular formula is C21H37N3O5S. The maximum Gasteiger partial charge on any atom is 0.242 e. The average Bonchev–Trinajstić information content (AvgIpc) is 2.96. The summed E-state index contributed by atoms with van der Waals surface area (Å²) in [4.78, 5) is 50.2. The molecule has 0 aliphatic carbocycles. The minimum atomic E-state index is -0.635. The number of likely N-dealkylation sites (tertiary alicyclic amines) is 1. The highest BCUT2D eigenvalue weighted by Gasteiger charge is 2.38. The van der Waals surface area contributed by atoms with Crippen molar-refractivity contribution in [2.75, 3.05) is 19.7 Å². The number of nitrogens with one attached hydrogen (secondary N) is 2. The maximum atomic E-state index is 12.4. The summed E-state index contributed by atoms with van der Waals surface area (Å²) in [5, 5.41) is 14.2. The third-order valence-electron chi connectivity index (χ3n) is 5.14. The predicted octanol–water partition coefficient (Wildman–Crippen LogP) is 1.46. The number of imide groups is 1. The van der Waals surface area contributed by atoms with Crippen LogP contribution in [0.5, 0.6) is 0 Å². The van der Waals surface area contributed by atoms with Crippen molar-refractivity contribution in [1.29, 1.82) is 0 Å². The van der Waals surface area contributed by atoms with Crippen LogP contribution >= 0.6 is 11.8 Å². The van der Waals surface area contributed by atoms with E-state index in [0.29, 0.717) is 24.6 Å². The largest absolute Gasteiger partial charge is 0.395 e. The fourth-order valence-electron chi connectivity index (χ4n) is 3.17. The molecule has 0 aromatic rings. The number of hydrogen-bond donors (Lipinski definition) is 3. The maximum absolute atomic E-state index is 12.4. The summed E-state index contributed by atoms with van der Waals surface area (Å²) in [5.74, 6) is -0.764. The predicted molar refractivity (Wildman–Crippen MR) is 118 cm³/mol. The number of carbonyl (C=O) groups excluding carboxylic acids is 4. The van der Waals surface area contributed by atoms with Crippen LogP contribution in [0.15, 0.2) is 0 Å². The van der Waals surface area contributed by atoms with Crippen molar-refractivity contribution < 1.29 is 24.3 Å². The highest BCUT2D eigenvalue weighted by Crippen LogP contribution is 2.29. The van der Waals surface area contributed by atoms with Gasteiger partial charge in [-0.1, -0.05) is 34.1 Å². The molecule has 0 saturated carbocycles. The Bertz CT molecular complexity index is 599. The molecule has 0 spiro atoms. The van der Waals surface area contributed by atoms with Crippen molar-refractivity contribution in [3.8, 4) is 0 Å². The molecule has 3 atom stereocenters. The Kier molecular flexibility index (Phi) is 12.0. The molecular weight excluding hydrogens is 406 g/mol. The zero-order chi connectivity index (χ0) is 22.7. The topological polar surface area (TPSA) is 116 Å². The molecule has 1 aliphatic heterocycles. The standard InChI is InChI=1S/C21H37N3O5S/c1-5-15(4)30-16-13-18(27)24(21(16)29)11-8-6-7-9-17(26)23-19(14(2)3)20(28)22-10-12-25/h14-16,19,25H,5-13H2,1-4H3,(H,22,28)(H,23,26). The van der Waals surface area contributed by atoms with Gasteiger partial charge < -0.3 is 15.7 Å². The molecule has 3 N–H and O–H groups in total. The van der Waals surface area contributed by atoms with Crippen LogP contribution in [0.2, 0.25) is 0 Å². The molecule has 0 aromatic heterocycles. The number of nitrogens with zero attached hydrogens (tertiary/aromatic N) is 1. The third kappa shape index (κ3) is 8.63. The lowest BCUT2D eigenvalue weighted by Gasteiger charge is -2.21. The van der Waals surface area contributed by atoms with E-state index in [2.05, 4.69) is 24.5 Å². The van der Waals surface area contributed by atoms with Crippen LogP contribution in [-0.2, 0) is 19.2 Å². The van der Waals surface area contributed by atoms with Crippen molar-refractivity contribution in [2.24, 2.45) is 5.92 Å². The van der Waals surface area contributed by atoms with Gasteiger partial charge in [-0.3, -0.25) is 24.1 Å². The number of unbranched alkanes of at least 4 members (excludes halogenated alkanes) is 2. The van der Waals surface area contributed by atoms with Crippen molar-refractivity contribution in [1.82, 2.24) is 15.5 Å². The van der Waals surface area contributed by atoms with Crippen LogP contribution in [0.3, 0.4) is 0 Å². The summed E-state index contributed by atoms with van der Waals surface area (Å²) in [7, 11) is 0. The molecule has 0 bridgehead atoms. The summed E-state index contributed by atoms with van der Waals surface area (Å²) in [6.07, 6.45) is 3.53. The van der Waals surface area contributed by atoms with Gasteiger partial charge in [0.2, 0.25) is 23.6 Å². The monoisotopic (exact) mass is 443 g/mol. The zero-order valence-electron chi connectivity index (χ0n) is 18.6. The Labute approximate surface area is 183 Å².